The number of rotatable bonds is 5. The SMILES string of the molecule is COc1ccccc1CCNC(=O)C1CC1C. The lowest BCUT2D eigenvalue weighted by Crippen LogP contribution is -2.27. The molecule has 1 N–H and O–H groups in total. The highest BCUT2D eigenvalue weighted by atomic mass is 16.5. The number of nitrogens with one attached hydrogen (secondary N) is 1. The maximum absolute atomic E-state index is 11.6. The maximum Gasteiger partial charge on any atom is 0.223 e. The maximum atomic E-state index is 11.6. The van der Waals surface area contributed by atoms with E-state index in [1.165, 1.54) is 0 Å². The molecule has 0 radical (unpaired) electrons. The Morgan fingerprint density at radius 3 is 2.82 bits per heavy atom. The van der Waals surface area contributed by atoms with E-state index in [1.807, 2.05) is 24.3 Å². The Morgan fingerprint density at radius 2 is 2.18 bits per heavy atom. The zero-order valence-electron chi connectivity index (χ0n) is 10.4. The van der Waals surface area contributed by atoms with Crippen LogP contribution in [0.1, 0.15) is 18.9 Å². The van der Waals surface area contributed by atoms with Gasteiger partial charge in [0.25, 0.3) is 0 Å². The van der Waals surface area contributed by atoms with Crippen molar-refractivity contribution < 1.29 is 9.53 Å². The van der Waals surface area contributed by atoms with Crippen molar-refractivity contribution in [2.24, 2.45) is 11.8 Å². The second kappa shape index (κ2) is 5.21. The molecule has 0 aliphatic heterocycles. The van der Waals surface area contributed by atoms with E-state index in [2.05, 4.69) is 12.2 Å². The van der Waals surface area contributed by atoms with Gasteiger partial charge in [-0.25, -0.2) is 0 Å². The van der Waals surface area contributed by atoms with Crippen molar-refractivity contribution >= 4 is 5.91 Å². The van der Waals surface area contributed by atoms with Gasteiger partial charge in [-0.3, -0.25) is 4.79 Å². The van der Waals surface area contributed by atoms with Crippen LogP contribution in [0.4, 0.5) is 0 Å². The minimum atomic E-state index is 0.201. The summed E-state index contributed by atoms with van der Waals surface area (Å²) in [6.45, 7) is 2.80. The molecule has 1 saturated carbocycles. The molecule has 2 rings (SSSR count). The second-order valence-corrected chi connectivity index (χ2v) is 4.67. The average Bonchev–Trinajstić information content (AvgIpc) is 3.07. The summed E-state index contributed by atoms with van der Waals surface area (Å²) in [5.74, 6) is 1.92. The molecular formula is C14H19NO2. The second-order valence-electron chi connectivity index (χ2n) is 4.67. The number of hydrogen-bond acceptors (Lipinski definition) is 2. The lowest BCUT2D eigenvalue weighted by atomic mass is 10.1. The van der Waals surface area contributed by atoms with Gasteiger partial charge in [-0.2, -0.15) is 0 Å². The molecule has 0 bridgehead atoms. The smallest absolute Gasteiger partial charge is 0.223 e. The summed E-state index contributed by atoms with van der Waals surface area (Å²) in [6.07, 6.45) is 1.86. The number of methoxy groups -OCH3 is 1. The molecule has 1 aliphatic carbocycles. The fraction of sp³-hybridized carbons (Fsp3) is 0.500. The zero-order valence-corrected chi connectivity index (χ0v) is 10.4. The van der Waals surface area contributed by atoms with E-state index >= 15 is 0 Å². The fourth-order valence-corrected chi connectivity index (χ4v) is 2.05. The first-order valence-corrected chi connectivity index (χ1v) is 6.12. The van der Waals surface area contributed by atoms with Gasteiger partial charge >= 0.3 is 0 Å². The molecule has 2 unspecified atom stereocenters. The third-order valence-corrected chi connectivity index (χ3v) is 3.33. The summed E-state index contributed by atoms with van der Waals surface area (Å²) in [5.41, 5.74) is 1.14. The fourth-order valence-electron chi connectivity index (χ4n) is 2.05. The first-order chi connectivity index (χ1) is 8.22. The number of para-hydroxylation sites is 1. The Bertz CT molecular complexity index is 403. The molecular weight excluding hydrogens is 214 g/mol. The van der Waals surface area contributed by atoms with Gasteiger partial charge < -0.3 is 10.1 Å². The minimum absolute atomic E-state index is 0.201. The normalized spacial score (nSPS) is 22.0. The van der Waals surface area contributed by atoms with E-state index in [-0.39, 0.29) is 11.8 Å². The lowest BCUT2D eigenvalue weighted by molar-refractivity contribution is -0.122. The Hall–Kier alpha value is -1.51. The van der Waals surface area contributed by atoms with Gasteiger partial charge in [-0.1, -0.05) is 25.1 Å². The highest BCUT2D eigenvalue weighted by Gasteiger charge is 2.38. The third kappa shape index (κ3) is 2.99. The van der Waals surface area contributed by atoms with E-state index in [4.69, 9.17) is 4.74 Å². The Balaban J connectivity index is 1.79. The highest BCUT2D eigenvalue weighted by Crippen LogP contribution is 2.37. The molecule has 0 heterocycles. The summed E-state index contributed by atoms with van der Waals surface area (Å²) in [5, 5.41) is 2.98. The molecule has 1 aromatic rings. The lowest BCUT2D eigenvalue weighted by Gasteiger charge is -2.08. The molecule has 17 heavy (non-hydrogen) atoms. The predicted molar refractivity (Wildman–Crippen MR) is 67.0 cm³/mol. The first kappa shape index (κ1) is 12.0. The molecule has 92 valence electrons. The molecule has 1 aliphatic rings. The molecule has 0 saturated heterocycles. The monoisotopic (exact) mass is 233 g/mol. The standard InChI is InChI=1S/C14H19NO2/c1-10-9-12(10)14(16)15-8-7-11-5-3-4-6-13(11)17-2/h3-6,10,12H,7-9H2,1-2H3,(H,15,16). The van der Waals surface area contributed by atoms with Crippen molar-refractivity contribution in [3.05, 3.63) is 29.8 Å². The molecule has 3 nitrogen and oxygen atoms in total. The highest BCUT2D eigenvalue weighted by molar-refractivity contribution is 5.81. The summed E-state index contributed by atoms with van der Waals surface area (Å²) < 4.78 is 5.27. The van der Waals surface area contributed by atoms with Crippen LogP contribution in [0.15, 0.2) is 24.3 Å². The molecule has 3 heteroatoms. The van der Waals surface area contributed by atoms with Gasteiger partial charge in [-0.05, 0) is 30.4 Å². The van der Waals surface area contributed by atoms with Crippen LogP contribution >= 0.6 is 0 Å². The number of carbonyl (C=O) groups excluding carboxylic acids is 1. The average molecular weight is 233 g/mol. The largest absolute Gasteiger partial charge is 0.496 e. The summed E-state index contributed by atoms with van der Waals surface area (Å²) >= 11 is 0. The quantitative estimate of drug-likeness (QED) is 0.845. The van der Waals surface area contributed by atoms with E-state index in [0.29, 0.717) is 12.5 Å². The van der Waals surface area contributed by atoms with Crippen LogP contribution < -0.4 is 10.1 Å². The Morgan fingerprint density at radius 1 is 1.47 bits per heavy atom. The van der Waals surface area contributed by atoms with Crippen molar-refractivity contribution in [3.63, 3.8) is 0 Å². The van der Waals surface area contributed by atoms with E-state index in [1.54, 1.807) is 7.11 Å². The minimum Gasteiger partial charge on any atom is -0.496 e. The van der Waals surface area contributed by atoms with Crippen LogP contribution in [-0.2, 0) is 11.2 Å². The van der Waals surface area contributed by atoms with Gasteiger partial charge in [0.05, 0.1) is 7.11 Å². The summed E-state index contributed by atoms with van der Waals surface area (Å²) in [7, 11) is 1.67. The molecule has 1 fully saturated rings. The van der Waals surface area contributed by atoms with Crippen LogP contribution in [0, 0.1) is 11.8 Å². The van der Waals surface area contributed by atoms with E-state index in [0.717, 1.165) is 24.2 Å². The number of benzene rings is 1. The number of hydrogen-bond donors (Lipinski definition) is 1. The molecule has 2 atom stereocenters. The first-order valence-electron chi connectivity index (χ1n) is 6.12. The predicted octanol–water partition coefficient (Wildman–Crippen LogP) is 2.01. The summed E-state index contributed by atoms with van der Waals surface area (Å²) in [6, 6.07) is 7.92. The van der Waals surface area contributed by atoms with Gasteiger partial charge in [-0.15, -0.1) is 0 Å². The van der Waals surface area contributed by atoms with Gasteiger partial charge in [0.2, 0.25) is 5.91 Å². The van der Waals surface area contributed by atoms with Crippen LogP contribution in [-0.4, -0.2) is 19.6 Å². The van der Waals surface area contributed by atoms with Crippen molar-refractivity contribution in [1.82, 2.24) is 5.32 Å². The van der Waals surface area contributed by atoms with Gasteiger partial charge in [0.15, 0.2) is 0 Å². The van der Waals surface area contributed by atoms with Crippen LogP contribution in [0.25, 0.3) is 0 Å². The van der Waals surface area contributed by atoms with Crippen molar-refractivity contribution in [1.29, 1.82) is 0 Å². The molecule has 0 spiro atoms. The molecule has 1 amide bonds. The number of amides is 1. The van der Waals surface area contributed by atoms with Gasteiger partial charge in [0.1, 0.15) is 5.75 Å². The number of ether oxygens (including phenoxy) is 1. The van der Waals surface area contributed by atoms with Crippen molar-refractivity contribution in [2.75, 3.05) is 13.7 Å². The molecule has 0 aromatic heterocycles. The third-order valence-electron chi connectivity index (χ3n) is 3.33. The molecule has 1 aromatic carbocycles. The van der Waals surface area contributed by atoms with Gasteiger partial charge in [0, 0.05) is 12.5 Å². The topological polar surface area (TPSA) is 38.3 Å². The number of carbonyl (C=O) groups is 1. The van der Waals surface area contributed by atoms with E-state index < -0.39 is 0 Å². The Labute approximate surface area is 102 Å². The summed E-state index contributed by atoms with van der Waals surface area (Å²) in [4.78, 5) is 11.6. The zero-order chi connectivity index (χ0) is 12.3. The van der Waals surface area contributed by atoms with Crippen LogP contribution in [0.2, 0.25) is 0 Å². The Kier molecular flexibility index (Phi) is 3.67. The van der Waals surface area contributed by atoms with Crippen LogP contribution in [0.5, 0.6) is 5.75 Å². The van der Waals surface area contributed by atoms with Crippen LogP contribution in [0.3, 0.4) is 0 Å². The van der Waals surface area contributed by atoms with Crippen molar-refractivity contribution in [3.8, 4) is 5.75 Å². The van der Waals surface area contributed by atoms with E-state index in [9.17, 15) is 4.79 Å². The van der Waals surface area contributed by atoms with Crippen molar-refractivity contribution in [2.45, 2.75) is 19.8 Å².